The monoisotopic (exact) mass is 325 g/mol. The molecule has 1 saturated carbocycles. The molecule has 2 N–H and O–H groups in total. The molecule has 0 aliphatic heterocycles. The molecular weight excluding hydrogens is 313 g/mol. The van der Waals surface area contributed by atoms with E-state index in [-0.39, 0.29) is 5.89 Å². The van der Waals surface area contributed by atoms with Crippen molar-refractivity contribution >= 4 is 15.9 Å². The summed E-state index contributed by atoms with van der Waals surface area (Å²) in [5, 5.41) is 3.92. The Morgan fingerprint density at radius 3 is 2.74 bits per heavy atom. The lowest BCUT2D eigenvalue weighted by Crippen LogP contribution is -2.34. The molecule has 2 aromatic rings. The molecule has 100 valence electrons. The standard InChI is InChI=1S/C13H13BrFN3O/c14-8-3-4-9(10(15)7-8)11-17-12(18-19-11)13(16)5-1-2-6-13/h3-4,7H,1-2,5-6,16H2. The van der Waals surface area contributed by atoms with Gasteiger partial charge in [-0.15, -0.1) is 0 Å². The first-order chi connectivity index (χ1) is 9.08. The van der Waals surface area contributed by atoms with E-state index >= 15 is 0 Å². The van der Waals surface area contributed by atoms with E-state index in [1.165, 1.54) is 6.07 Å². The van der Waals surface area contributed by atoms with Crippen LogP contribution in [0.1, 0.15) is 31.5 Å². The van der Waals surface area contributed by atoms with E-state index in [1.807, 2.05) is 0 Å². The third-order valence-corrected chi connectivity index (χ3v) is 4.02. The van der Waals surface area contributed by atoms with Crippen LogP contribution in [0.3, 0.4) is 0 Å². The van der Waals surface area contributed by atoms with E-state index in [1.54, 1.807) is 12.1 Å². The number of nitrogens with zero attached hydrogens (tertiary/aromatic N) is 2. The predicted octanol–water partition coefficient (Wildman–Crippen LogP) is 3.37. The van der Waals surface area contributed by atoms with Gasteiger partial charge in [0.2, 0.25) is 0 Å². The zero-order chi connectivity index (χ0) is 13.5. The summed E-state index contributed by atoms with van der Waals surface area (Å²) < 4.78 is 19.6. The van der Waals surface area contributed by atoms with Gasteiger partial charge in [0, 0.05) is 4.47 Å². The van der Waals surface area contributed by atoms with Gasteiger partial charge in [0.05, 0.1) is 11.1 Å². The molecule has 0 amide bonds. The van der Waals surface area contributed by atoms with Gasteiger partial charge in [-0.2, -0.15) is 4.98 Å². The summed E-state index contributed by atoms with van der Waals surface area (Å²) in [6, 6.07) is 4.71. The smallest absolute Gasteiger partial charge is 0.260 e. The van der Waals surface area contributed by atoms with Crippen LogP contribution in [-0.2, 0) is 5.54 Å². The fourth-order valence-corrected chi connectivity index (χ4v) is 2.76. The molecule has 0 radical (unpaired) electrons. The van der Waals surface area contributed by atoms with Gasteiger partial charge in [0.1, 0.15) is 5.82 Å². The van der Waals surface area contributed by atoms with Gasteiger partial charge in [-0.05, 0) is 31.0 Å². The van der Waals surface area contributed by atoms with E-state index in [2.05, 4.69) is 26.1 Å². The Kier molecular flexibility index (Phi) is 3.14. The number of hydrogen-bond donors (Lipinski definition) is 1. The normalized spacial score (nSPS) is 17.8. The number of hydrogen-bond acceptors (Lipinski definition) is 4. The van der Waals surface area contributed by atoms with Crippen LogP contribution in [0.25, 0.3) is 11.5 Å². The van der Waals surface area contributed by atoms with Crippen LogP contribution >= 0.6 is 15.9 Å². The summed E-state index contributed by atoms with van der Waals surface area (Å²) in [7, 11) is 0. The van der Waals surface area contributed by atoms with E-state index in [0.29, 0.717) is 15.9 Å². The molecule has 0 unspecified atom stereocenters. The van der Waals surface area contributed by atoms with E-state index < -0.39 is 11.4 Å². The van der Waals surface area contributed by atoms with Gasteiger partial charge in [-0.3, -0.25) is 0 Å². The van der Waals surface area contributed by atoms with Crippen molar-refractivity contribution in [3.63, 3.8) is 0 Å². The Hall–Kier alpha value is -1.27. The number of benzene rings is 1. The van der Waals surface area contributed by atoms with Crippen molar-refractivity contribution in [2.24, 2.45) is 5.73 Å². The van der Waals surface area contributed by atoms with Crippen molar-refractivity contribution in [3.05, 3.63) is 34.3 Å². The lowest BCUT2D eigenvalue weighted by molar-refractivity contribution is 0.372. The predicted molar refractivity (Wildman–Crippen MR) is 71.7 cm³/mol. The number of nitrogens with two attached hydrogens (primary N) is 1. The summed E-state index contributed by atoms with van der Waals surface area (Å²) in [4.78, 5) is 4.27. The summed E-state index contributed by atoms with van der Waals surface area (Å²) in [6.45, 7) is 0. The molecule has 3 rings (SSSR count). The highest BCUT2D eigenvalue weighted by Crippen LogP contribution is 2.35. The van der Waals surface area contributed by atoms with Gasteiger partial charge >= 0.3 is 0 Å². The third-order valence-electron chi connectivity index (χ3n) is 3.53. The van der Waals surface area contributed by atoms with Crippen molar-refractivity contribution in [1.82, 2.24) is 10.1 Å². The molecule has 0 bridgehead atoms. The topological polar surface area (TPSA) is 64.9 Å². The Morgan fingerprint density at radius 2 is 2.05 bits per heavy atom. The summed E-state index contributed by atoms with van der Waals surface area (Å²) >= 11 is 3.21. The minimum atomic E-state index is -0.520. The Labute approximate surface area is 118 Å². The van der Waals surface area contributed by atoms with Crippen LogP contribution in [0, 0.1) is 5.82 Å². The second-order valence-corrected chi connectivity index (χ2v) is 5.83. The molecular formula is C13H13BrFN3O. The average molecular weight is 326 g/mol. The first kappa shape index (κ1) is 12.7. The van der Waals surface area contributed by atoms with Crippen LogP contribution in [0.5, 0.6) is 0 Å². The van der Waals surface area contributed by atoms with Crippen LogP contribution in [0.2, 0.25) is 0 Å². The van der Waals surface area contributed by atoms with Gasteiger partial charge in [0.25, 0.3) is 5.89 Å². The number of rotatable bonds is 2. The second kappa shape index (κ2) is 4.68. The van der Waals surface area contributed by atoms with Gasteiger partial charge in [-0.1, -0.05) is 33.9 Å². The zero-order valence-electron chi connectivity index (χ0n) is 10.2. The molecule has 0 saturated heterocycles. The van der Waals surface area contributed by atoms with Crippen molar-refractivity contribution in [2.75, 3.05) is 0 Å². The summed E-state index contributed by atoms with van der Waals surface area (Å²) in [5.74, 6) is 0.251. The molecule has 1 aromatic heterocycles. The fraction of sp³-hybridized carbons (Fsp3) is 0.385. The second-order valence-electron chi connectivity index (χ2n) is 4.91. The van der Waals surface area contributed by atoms with Crippen LogP contribution in [0.15, 0.2) is 27.2 Å². The largest absolute Gasteiger partial charge is 0.334 e. The summed E-state index contributed by atoms with van der Waals surface area (Å²) in [6.07, 6.45) is 3.81. The number of aromatic nitrogens is 2. The van der Waals surface area contributed by atoms with Crippen molar-refractivity contribution in [1.29, 1.82) is 0 Å². The SMILES string of the molecule is NC1(c2noc(-c3ccc(Br)cc3F)n2)CCCC1. The molecule has 6 heteroatoms. The van der Waals surface area contributed by atoms with Gasteiger partial charge in [0.15, 0.2) is 5.82 Å². The van der Waals surface area contributed by atoms with Crippen molar-refractivity contribution in [3.8, 4) is 11.5 Å². The zero-order valence-corrected chi connectivity index (χ0v) is 11.8. The minimum absolute atomic E-state index is 0.178. The molecule has 1 fully saturated rings. The Balaban J connectivity index is 1.97. The molecule has 1 aliphatic carbocycles. The van der Waals surface area contributed by atoms with Crippen LogP contribution in [-0.4, -0.2) is 10.1 Å². The first-order valence-electron chi connectivity index (χ1n) is 6.17. The first-order valence-corrected chi connectivity index (χ1v) is 6.96. The van der Waals surface area contributed by atoms with E-state index in [9.17, 15) is 4.39 Å². The fourth-order valence-electron chi connectivity index (χ4n) is 2.43. The maximum atomic E-state index is 13.8. The van der Waals surface area contributed by atoms with Crippen LogP contribution < -0.4 is 5.73 Å². The molecule has 19 heavy (non-hydrogen) atoms. The summed E-state index contributed by atoms with van der Waals surface area (Å²) in [5.41, 5.74) is 6.02. The number of halogens is 2. The molecule has 1 aromatic carbocycles. The maximum absolute atomic E-state index is 13.8. The average Bonchev–Trinajstić information content (AvgIpc) is 2.99. The van der Waals surface area contributed by atoms with Crippen LogP contribution in [0.4, 0.5) is 4.39 Å². The van der Waals surface area contributed by atoms with Gasteiger partial charge in [-0.25, -0.2) is 4.39 Å². The molecule has 0 spiro atoms. The lowest BCUT2D eigenvalue weighted by Gasteiger charge is -2.17. The van der Waals surface area contributed by atoms with E-state index in [4.69, 9.17) is 10.3 Å². The molecule has 1 heterocycles. The highest BCUT2D eigenvalue weighted by molar-refractivity contribution is 9.10. The third kappa shape index (κ3) is 2.30. The highest BCUT2D eigenvalue weighted by atomic mass is 79.9. The molecule has 0 atom stereocenters. The quantitative estimate of drug-likeness (QED) is 0.919. The van der Waals surface area contributed by atoms with Crippen molar-refractivity contribution < 1.29 is 8.91 Å². The minimum Gasteiger partial charge on any atom is -0.334 e. The van der Waals surface area contributed by atoms with Gasteiger partial charge < -0.3 is 10.3 Å². The maximum Gasteiger partial charge on any atom is 0.260 e. The highest BCUT2D eigenvalue weighted by Gasteiger charge is 2.36. The molecule has 4 nitrogen and oxygen atoms in total. The molecule has 1 aliphatic rings. The van der Waals surface area contributed by atoms with E-state index in [0.717, 1.165) is 25.7 Å². The Morgan fingerprint density at radius 1 is 1.32 bits per heavy atom. The lowest BCUT2D eigenvalue weighted by atomic mass is 9.99. The Bertz CT molecular complexity index is 608. The van der Waals surface area contributed by atoms with Crippen molar-refractivity contribution in [2.45, 2.75) is 31.2 Å².